The highest BCUT2D eigenvalue weighted by Crippen LogP contribution is 2.26. The number of hydrogen-bond donors (Lipinski definition) is 1. The molecule has 0 atom stereocenters. The molecule has 1 N–H and O–H groups in total. The quantitative estimate of drug-likeness (QED) is 0.869. The van der Waals surface area contributed by atoms with Gasteiger partial charge < -0.3 is 10.1 Å². The van der Waals surface area contributed by atoms with Crippen LogP contribution in [0, 0.1) is 0 Å². The van der Waals surface area contributed by atoms with Gasteiger partial charge in [-0.25, -0.2) is 0 Å². The van der Waals surface area contributed by atoms with Crippen LogP contribution in [0.5, 0.6) is 5.75 Å². The predicted molar refractivity (Wildman–Crippen MR) is 72.7 cm³/mol. The van der Waals surface area contributed by atoms with Crippen molar-refractivity contribution in [2.45, 2.75) is 19.3 Å². The molecule has 0 aliphatic carbocycles. The van der Waals surface area contributed by atoms with Crippen LogP contribution in [0.1, 0.15) is 24.8 Å². The van der Waals surface area contributed by atoms with E-state index in [-0.39, 0.29) is 0 Å². The summed E-state index contributed by atoms with van der Waals surface area (Å²) in [5, 5.41) is 4.16. The summed E-state index contributed by atoms with van der Waals surface area (Å²) in [5.74, 6) is 0.888. The van der Waals surface area contributed by atoms with E-state index < -0.39 is 0 Å². The lowest BCUT2D eigenvalue weighted by molar-refractivity contribution is 0.414. The molecule has 1 aromatic carbocycles. The van der Waals surface area contributed by atoms with Crippen LogP contribution in [0.3, 0.4) is 0 Å². The van der Waals surface area contributed by atoms with Crippen LogP contribution in [-0.4, -0.2) is 20.2 Å². The average Bonchev–Trinajstić information content (AvgIpc) is 2.58. The van der Waals surface area contributed by atoms with E-state index in [0.29, 0.717) is 0 Å². The van der Waals surface area contributed by atoms with E-state index in [1.165, 1.54) is 12.0 Å². The first-order chi connectivity index (χ1) is 8.29. The van der Waals surface area contributed by atoms with Crippen LogP contribution >= 0.6 is 11.6 Å². The molecule has 1 aliphatic rings. The highest BCUT2D eigenvalue weighted by Gasteiger charge is 2.06. The SMILES string of the molecule is COc1ccc(Cl)cc1/C=C1/CCCNCC1. The highest BCUT2D eigenvalue weighted by molar-refractivity contribution is 6.30. The molecule has 1 saturated heterocycles. The van der Waals surface area contributed by atoms with E-state index in [4.69, 9.17) is 16.3 Å². The minimum absolute atomic E-state index is 0.754. The fourth-order valence-corrected chi connectivity index (χ4v) is 2.30. The monoisotopic (exact) mass is 251 g/mol. The van der Waals surface area contributed by atoms with Gasteiger partial charge in [0.25, 0.3) is 0 Å². The van der Waals surface area contributed by atoms with Gasteiger partial charge in [0.15, 0.2) is 0 Å². The Morgan fingerprint density at radius 1 is 1.29 bits per heavy atom. The number of halogens is 1. The third kappa shape index (κ3) is 3.48. The summed E-state index contributed by atoms with van der Waals surface area (Å²) < 4.78 is 5.35. The van der Waals surface area contributed by atoms with Crippen molar-refractivity contribution in [1.82, 2.24) is 5.32 Å². The number of hydrogen-bond acceptors (Lipinski definition) is 2. The van der Waals surface area contributed by atoms with Gasteiger partial charge in [0.1, 0.15) is 5.75 Å². The summed E-state index contributed by atoms with van der Waals surface area (Å²) in [6.07, 6.45) is 5.69. The minimum Gasteiger partial charge on any atom is -0.496 e. The molecule has 1 heterocycles. The van der Waals surface area contributed by atoms with Crippen LogP contribution in [0.25, 0.3) is 6.08 Å². The zero-order valence-corrected chi connectivity index (χ0v) is 10.9. The van der Waals surface area contributed by atoms with Crippen LogP contribution in [0.15, 0.2) is 23.8 Å². The normalized spacial score (nSPS) is 19.1. The Hall–Kier alpha value is -0.990. The third-order valence-corrected chi connectivity index (χ3v) is 3.26. The van der Waals surface area contributed by atoms with Gasteiger partial charge in [-0.1, -0.05) is 23.3 Å². The van der Waals surface area contributed by atoms with Crippen molar-refractivity contribution in [2.24, 2.45) is 0 Å². The van der Waals surface area contributed by atoms with Crippen molar-refractivity contribution in [1.29, 1.82) is 0 Å². The second-order valence-corrected chi connectivity index (χ2v) is 4.73. The van der Waals surface area contributed by atoms with Crippen LogP contribution in [-0.2, 0) is 0 Å². The van der Waals surface area contributed by atoms with Crippen LogP contribution in [0.2, 0.25) is 5.02 Å². The lowest BCUT2D eigenvalue weighted by Gasteiger charge is -2.08. The van der Waals surface area contributed by atoms with E-state index in [0.717, 1.165) is 42.3 Å². The molecule has 1 aromatic rings. The lowest BCUT2D eigenvalue weighted by atomic mass is 10.0. The Morgan fingerprint density at radius 2 is 2.18 bits per heavy atom. The van der Waals surface area contributed by atoms with Crippen molar-refractivity contribution >= 4 is 17.7 Å². The molecule has 1 fully saturated rings. The maximum Gasteiger partial charge on any atom is 0.126 e. The number of rotatable bonds is 2. The van der Waals surface area contributed by atoms with Crippen molar-refractivity contribution in [2.75, 3.05) is 20.2 Å². The topological polar surface area (TPSA) is 21.3 Å². The molecule has 0 radical (unpaired) electrons. The fourth-order valence-electron chi connectivity index (χ4n) is 2.12. The van der Waals surface area contributed by atoms with Crippen molar-refractivity contribution in [3.05, 3.63) is 34.4 Å². The van der Waals surface area contributed by atoms with Gasteiger partial charge in [-0.2, -0.15) is 0 Å². The van der Waals surface area contributed by atoms with Crippen molar-refractivity contribution in [3.8, 4) is 5.75 Å². The van der Waals surface area contributed by atoms with Gasteiger partial charge in [0, 0.05) is 10.6 Å². The molecule has 0 bridgehead atoms. The molecule has 1 aliphatic heterocycles. The Labute approximate surface area is 108 Å². The Balaban J connectivity index is 2.25. The van der Waals surface area contributed by atoms with Gasteiger partial charge in [-0.15, -0.1) is 0 Å². The average molecular weight is 252 g/mol. The fraction of sp³-hybridized carbons (Fsp3) is 0.429. The number of methoxy groups -OCH3 is 1. The molecule has 17 heavy (non-hydrogen) atoms. The Morgan fingerprint density at radius 3 is 3.00 bits per heavy atom. The molecule has 0 aromatic heterocycles. The molecular formula is C14H18ClNO. The molecule has 2 nitrogen and oxygen atoms in total. The Bertz CT molecular complexity index is 405. The zero-order valence-electron chi connectivity index (χ0n) is 10.1. The van der Waals surface area contributed by atoms with E-state index >= 15 is 0 Å². The van der Waals surface area contributed by atoms with Crippen molar-refractivity contribution in [3.63, 3.8) is 0 Å². The molecule has 92 valence electrons. The zero-order chi connectivity index (χ0) is 12.1. The minimum atomic E-state index is 0.754. The summed E-state index contributed by atoms with van der Waals surface area (Å²) in [7, 11) is 1.69. The van der Waals surface area contributed by atoms with E-state index in [1.807, 2.05) is 18.2 Å². The van der Waals surface area contributed by atoms with Gasteiger partial charge in [-0.3, -0.25) is 0 Å². The predicted octanol–water partition coefficient (Wildman–Crippen LogP) is 3.51. The first kappa shape index (κ1) is 12.5. The van der Waals surface area contributed by atoms with Gasteiger partial charge in [0.2, 0.25) is 0 Å². The number of nitrogens with one attached hydrogen (secondary N) is 1. The van der Waals surface area contributed by atoms with Gasteiger partial charge >= 0.3 is 0 Å². The molecular weight excluding hydrogens is 234 g/mol. The van der Waals surface area contributed by atoms with Crippen molar-refractivity contribution < 1.29 is 4.74 Å². The summed E-state index contributed by atoms with van der Waals surface area (Å²) in [4.78, 5) is 0. The molecule has 0 saturated carbocycles. The van der Waals surface area contributed by atoms with E-state index in [2.05, 4.69) is 11.4 Å². The van der Waals surface area contributed by atoms with E-state index in [1.54, 1.807) is 7.11 Å². The second-order valence-electron chi connectivity index (χ2n) is 4.29. The summed E-state index contributed by atoms with van der Waals surface area (Å²) >= 11 is 6.03. The standard InChI is InChI=1S/C14H18ClNO/c1-17-14-5-4-13(15)10-12(14)9-11-3-2-7-16-8-6-11/h4-5,9-10,16H,2-3,6-8H2,1H3/b11-9-. The highest BCUT2D eigenvalue weighted by atomic mass is 35.5. The molecule has 3 heteroatoms. The van der Waals surface area contributed by atoms with Crippen LogP contribution < -0.4 is 10.1 Å². The third-order valence-electron chi connectivity index (χ3n) is 3.03. The van der Waals surface area contributed by atoms with Crippen LogP contribution in [0.4, 0.5) is 0 Å². The van der Waals surface area contributed by atoms with Gasteiger partial charge in [-0.05, 0) is 50.6 Å². The first-order valence-corrected chi connectivity index (χ1v) is 6.41. The first-order valence-electron chi connectivity index (χ1n) is 6.03. The summed E-state index contributed by atoms with van der Waals surface area (Å²) in [6.45, 7) is 2.18. The summed E-state index contributed by atoms with van der Waals surface area (Å²) in [5.41, 5.74) is 2.55. The van der Waals surface area contributed by atoms with E-state index in [9.17, 15) is 0 Å². The maximum atomic E-state index is 6.03. The molecule has 0 unspecified atom stereocenters. The lowest BCUT2D eigenvalue weighted by Crippen LogP contribution is -2.13. The molecule has 0 spiro atoms. The molecule has 2 rings (SSSR count). The maximum absolute atomic E-state index is 6.03. The smallest absolute Gasteiger partial charge is 0.126 e. The van der Waals surface area contributed by atoms with Gasteiger partial charge in [0.05, 0.1) is 7.11 Å². The number of ether oxygens (including phenoxy) is 1. The second kappa shape index (κ2) is 6.08. The number of benzene rings is 1. The Kier molecular flexibility index (Phi) is 4.46. The summed E-state index contributed by atoms with van der Waals surface area (Å²) in [6, 6.07) is 5.74. The molecule has 0 amide bonds. The largest absolute Gasteiger partial charge is 0.496 e.